The summed E-state index contributed by atoms with van der Waals surface area (Å²) in [5.41, 5.74) is 2.29. The molecule has 84 valence electrons. The van der Waals surface area contributed by atoms with Gasteiger partial charge in [-0.15, -0.1) is 0 Å². The molecule has 0 amide bonds. The van der Waals surface area contributed by atoms with Crippen molar-refractivity contribution < 1.29 is 4.74 Å². The van der Waals surface area contributed by atoms with Crippen LogP contribution < -0.4 is 0 Å². The third-order valence-electron chi connectivity index (χ3n) is 2.64. The van der Waals surface area contributed by atoms with Gasteiger partial charge in [-0.05, 0) is 37.8 Å². The Morgan fingerprint density at radius 1 is 1.25 bits per heavy atom. The fourth-order valence-corrected chi connectivity index (χ4v) is 1.87. The van der Waals surface area contributed by atoms with E-state index in [1.807, 2.05) is 19.2 Å². The summed E-state index contributed by atoms with van der Waals surface area (Å²) in [4.78, 5) is 4.34. The van der Waals surface area contributed by atoms with E-state index in [4.69, 9.17) is 4.74 Å². The topological polar surface area (TPSA) is 22.1 Å². The average molecular weight is 215 g/mol. The van der Waals surface area contributed by atoms with Crippen LogP contribution in [0, 0.1) is 6.92 Å². The zero-order chi connectivity index (χ0) is 11.5. The molecule has 2 nitrogen and oxygen atoms in total. The molecule has 0 fully saturated rings. The molecule has 2 heteroatoms. The van der Waals surface area contributed by atoms with E-state index in [1.165, 1.54) is 16.3 Å². The smallest absolute Gasteiger partial charge is 0.0727 e. The first-order chi connectivity index (χ1) is 7.68. The standard InChI is InChI=1S/C14H17NO/c1-10(2)16-9-13-6-4-5-12-7-8-15-11(3)14(12)13/h4-8,10H,9H2,1-3H3. The van der Waals surface area contributed by atoms with Crippen molar-refractivity contribution in [2.24, 2.45) is 0 Å². The van der Waals surface area contributed by atoms with Crippen molar-refractivity contribution in [3.05, 3.63) is 41.7 Å². The molecule has 1 aromatic heterocycles. The van der Waals surface area contributed by atoms with Crippen LogP contribution in [0.4, 0.5) is 0 Å². The molecule has 0 aliphatic rings. The molecule has 0 aliphatic heterocycles. The molecule has 0 bridgehead atoms. The van der Waals surface area contributed by atoms with Gasteiger partial charge in [-0.25, -0.2) is 0 Å². The molecular weight excluding hydrogens is 198 g/mol. The molecule has 0 saturated heterocycles. The highest BCUT2D eigenvalue weighted by Crippen LogP contribution is 2.21. The first-order valence-electron chi connectivity index (χ1n) is 5.63. The molecule has 0 aliphatic carbocycles. The summed E-state index contributed by atoms with van der Waals surface area (Å²) in [6, 6.07) is 8.34. The van der Waals surface area contributed by atoms with Crippen molar-refractivity contribution in [3.8, 4) is 0 Å². The first-order valence-corrected chi connectivity index (χ1v) is 5.63. The van der Waals surface area contributed by atoms with E-state index in [1.54, 1.807) is 0 Å². The highest BCUT2D eigenvalue weighted by molar-refractivity contribution is 5.87. The van der Waals surface area contributed by atoms with Gasteiger partial charge < -0.3 is 4.74 Å². The predicted octanol–water partition coefficient (Wildman–Crippen LogP) is 3.47. The number of aromatic nitrogens is 1. The highest BCUT2D eigenvalue weighted by Gasteiger charge is 2.05. The number of nitrogens with zero attached hydrogens (tertiary/aromatic N) is 1. The molecule has 0 atom stereocenters. The summed E-state index contributed by atoms with van der Waals surface area (Å²) in [5.74, 6) is 0. The molecule has 0 spiro atoms. The summed E-state index contributed by atoms with van der Waals surface area (Å²) in [5, 5.41) is 2.46. The quantitative estimate of drug-likeness (QED) is 0.782. The Balaban J connectivity index is 2.44. The van der Waals surface area contributed by atoms with Crippen molar-refractivity contribution in [1.29, 1.82) is 0 Å². The van der Waals surface area contributed by atoms with Crippen LogP contribution in [0.25, 0.3) is 10.8 Å². The number of benzene rings is 1. The van der Waals surface area contributed by atoms with Crippen LogP contribution in [0.2, 0.25) is 0 Å². The van der Waals surface area contributed by atoms with E-state index in [-0.39, 0.29) is 6.10 Å². The molecule has 0 radical (unpaired) electrons. The summed E-state index contributed by atoms with van der Waals surface area (Å²) >= 11 is 0. The van der Waals surface area contributed by atoms with E-state index in [2.05, 4.69) is 37.0 Å². The Bertz CT molecular complexity index is 486. The van der Waals surface area contributed by atoms with Crippen LogP contribution in [-0.4, -0.2) is 11.1 Å². The maximum atomic E-state index is 5.66. The van der Waals surface area contributed by atoms with Crippen molar-refractivity contribution in [2.45, 2.75) is 33.5 Å². The summed E-state index contributed by atoms with van der Waals surface area (Å²) in [6.45, 7) is 6.80. The monoisotopic (exact) mass is 215 g/mol. The number of aryl methyl sites for hydroxylation is 1. The lowest BCUT2D eigenvalue weighted by Gasteiger charge is -2.11. The molecule has 0 N–H and O–H groups in total. The predicted molar refractivity (Wildman–Crippen MR) is 66.4 cm³/mol. The number of rotatable bonds is 3. The van der Waals surface area contributed by atoms with Crippen molar-refractivity contribution in [2.75, 3.05) is 0 Å². The number of hydrogen-bond donors (Lipinski definition) is 0. The highest BCUT2D eigenvalue weighted by atomic mass is 16.5. The molecule has 1 heterocycles. The second-order valence-corrected chi connectivity index (χ2v) is 4.27. The Morgan fingerprint density at radius 3 is 2.81 bits per heavy atom. The van der Waals surface area contributed by atoms with Gasteiger partial charge in [0, 0.05) is 17.3 Å². The van der Waals surface area contributed by atoms with E-state index in [0.717, 1.165) is 5.69 Å². The SMILES string of the molecule is Cc1nccc2cccc(COC(C)C)c12. The first kappa shape index (κ1) is 11.1. The summed E-state index contributed by atoms with van der Waals surface area (Å²) in [6.07, 6.45) is 2.11. The molecular formula is C14H17NO. The van der Waals surface area contributed by atoms with Crippen molar-refractivity contribution in [1.82, 2.24) is 4.98 Å². The third kappa shape index (κ3) is 2.22. The van der Waals surface area contributed by atoms with E-state index in [0.29, 0.717) is 6.61 Å². The van der Waals surface area contributed by atoms with E-state index < -0.39 is 0 Å². The van der Waals surface area contributed by atoms with Gasteiger partial charge in [0.05, 0.1) is 12.7 Å². The second kappa shape index (κ2) is 4.62. The van der Waals surface area contributed by atoms with Crippen molar-refractivity contribution >= 4 is 10.8 Å². The number of fused-ring (bicyclic) bond motifs is 1. The van der Waals surface area contributed by atoms with Gasteiger partial charge in [-0.3, -0.25) is 4.98 Å². The van der Waals surface area contributed by atoms with Crippen LogP contribution in [0.15, 0.2) is 30.5 Å². The van der Waals surface area contributed by atoms with Crippen LogP contribution >= 0.6 is 0 Å². The third-order valence-corrected chi connectivity index (χ3v) is 2.64. The maximum Gasteiger partial charge on any atom is 0.0727 e. The lowest BCUT2D eigenvalue weighted by Crippen LogP contribution is -2.03. The molecule has 2 aromatic rings. The van der Waals surface area contributed by atoms with Gasteiger partial charge in [0.15, 0.2) is 0 Å². The minimum Gasteiger partial charge on any atom is -0.374 e. The van der Waals surface area contributed by atoms with Gasteiger partial charge in [0.1, 0.15) is 0 Å². The van der Waals surface area contributed by atoms with Crippen LogP contribution in [-0.2, 0) is 11.3 Å². The second-order valence-electron chi connectivity index (χ2n) is 4.27. The van der Waals surface area contributed by atoms with Crippen LogP contribution in [0.1, 0.15) is 25.1 Å². The van der Waals surface area contributed by atoms with Gasteiger partial charge in [-0.1, -0.05) is 18.2 Å². The van der Waals surface area contributed by atoms with Crippen molar-refractivity contribution in [3.63, 3.8) is 0 Å². The Kier molecular flexibility index (Phi) is 3.20. The fraction of sp³-hybridized carbons (Fsp3) is 0.357. The minimum absolute atomic E-state index is 0.257. The van der Waals surface area contributed by atoms with Gasteiger partial charge >= 0.3 is 0 Å². The van der Waals surface area contributed by atoms with Crippen LogP contribution in [0.5, 0.6) is 0 Å². The summed E-state index contributed by atoms with van der Waals surface area (Å²) < 4.78 is 5.66. The van der Waals surface area contributed by atoms with Crippen LogP contribution in [0.3, 0.4) is 0 Å². The zero-order valence-corrected chi connectivity index (χ0v) is 10.0. The fourth-order valence-electron chi connectivity index (χ4n) is 1.87. The lowest BCUT2D eigenvalue weighted by molar-refractivity contribution is 0.0664. The van der Waals surface area contributed by atoms with E-state index in [9.17, 15) is 0 Å². The van der Waals surface area contributed by atoms with Gasteiger partial charge in [0.25, 0.3) is 0 Å². The molecule has 0 unspecified atom stereocenters. The Labute approximate surface area is 96.3 Å². The Morgan fingerprint density at radius 2 is 2.06 bits per heavy atom. The normalized spacial score (nSPS) is 11.2. The largest absolute Gasteiger partial charge is 0.374 e. The summed E-state index contributed by atoms with van der Waals surface area (Å²) in [7, 11) is 0. The number of pyridine rings is 1. The van der Waals surface area contributed by atoms with Gasteiger partial charge in [0.2, 0.25) is 0 Å². The lowest BCUT2D eigenvalue weighted by atomic mass is 10.0. The number of hydrogen-bond acceptors (Lipinski definition) is 2. The van der Waals surface area contributed by atoms with E-state index >= 15 is 0 Å². The molecule has 0 saturated carbocycles. The zero-order valence-electron chi connectivity index (χ0n) is 10.0. The minimum atomic E-state index is 0.257. The molecule has 2 rings (SSSR count). The van der Waals surface area contributed by atoms with Gasteiger partial charge in [-0.2, -0.15) is 0 Å². The average Bonchev–Trinajstić information content (AvgIpc) is 2.26. The Hall–Kier alpha value is -1.41. The maximum absolute atomic E-state index is 5.66. The number of ether oxygens (including phenoxy) is 1. The molecule has 16 heavy (non-hydrogen) atoms. The molecule has 1 aromatic carbocycles.